The lowest BCUT2D eigenvalue weighted by atomic mass is 9.95. The molecule has 1 aromatic heterocycles. The Labute approximate surface area is 226 Å². The minimum absolute atomic E-state index is 0.327. The molecule has 0 radical (unpaired) electrons. The zero-order valence-electron chi connectivity index (χ0n) is 21.8. The van der Waals surface area contributed by atoms with Crippen molar-refractivity contribution in [3.05, 3.63) is 83.4 Å². The minimum Gasteiger partial charge on any atom is -0.475 e. The molecule has 1 aliphatic carbocycles. The SMILES string of the molecule is N#Cc1nc(CCCNCc2ccc(-c3ccccc3)cc2)cc(C2CCCCCC2)n1.O=C(O)C(F)(F)F. The molecule has 0 amide bonds. The molecule has 206 valence electrons. The highest BCUT2D eigenvalue weighted by atomic mass is 19.4. The standard InChI is InChI=1S/C28H32N4.C2HF3O2/c29-20-28-31-26(19-27(32-28)25-11-4-1-2-5-12-25)13-8-18-30-21-22-14-16-24(17-15-22)23-9-6-3-7-10-23;3-2(4,5)1(6)7/h3,6-7,9-10,14-17,19,25,30H,1-2,4-5,8,11-13,18,21H2;(H,6,7). The molecule has 1 saturated carbocycles. The number of hydrogen-bond donors (Lipinski definition) is 2. The number of halogens is 3. The van der Waals surface area contributed by atoms with Gasteiger partial charge < -0.3 is 10.4 Å². The zero-order chi connectivity index (χ0) is 28.1. The molecule has 1 heterocycles. The number of nitrogens with zero attached hydrogens (tertiary/aromatic N) is 3. The van der Waals surface area contributed by atoms with Crippen LogP contribution in [0, 0.1) is 11.3 Å². The van der Waals surface area contributed by atoms with Gasteiger partial charge in [0.05, 0.1) is 0 Å². The maximum absolute atomic E-state index is 10.6. The summed E-state index contributed by atoms with van der Waals surface area (Å²) in [6.45, 7) is 1.78. The summed E-state index contributed by atoms with van der Waals surface area (Å²) in [5.41, 5.74) is 5.87. The van der Waals surface area contributed by atoms with Gasteiger partial charge in [0.2, 0.25) is 5.82 Å². The van der Waals surface area contributed by atoms with Crippen molar-refractivity contribution < 1.29 is 23.1 Å². The quantitative estimate of drug-likeness (QED) is 0.242. The molecule has 1 aliphatic rings. The summed E-state index contributed by atoms with van der Waals surface area (Å²) < 4.78 is 31.7. The molecule has 1 fully saturated rings. The van der Waals surface area contributed by atoms with E-state index in [4.69, 9.17) is 9.90 Å². The number of nitrogens with one attached hydrogen (secondary N) is 1. The van der Waals surface area contributed by atoms with Crippen molar-refractivity contribution in [2.24, 2.45) is 0 Å². The highest BCUT2D eigenvalue weighted by Crippen LogP contribution is 2.31. The van der Waals surface area contributed by atoms with Gasteiger partial charge in [-0.3, -0.25) is 0 Å². The lowest BCUT2D eigenvalue weighted by Gasteiger charge is -2.14. The number of carbonyl (C=O) groups is 1. The number of benzene rings is 2. The predicted molar refractivity (Wildman–Crippen MR) is 143 cm³/mol. The van der Waals surface area contributed by atoms with Gasteiger partial charge in [0.15, 0.2) is 0 Å². The fourth-order valence-electron chi connectivity index (χ4n) is 4.55. The van der Waals surface area contributed by atoms with E-state index in [2.05, 4.69) is 76.0 Å². The number of carboxylic acids is 1. The fourth-order valence-corrected chi connectivity index (χ4v) is 4.55. The first kappa shape index (κ1) is 29.8. The Hall–Kier alpha value is -3.77. The van der Waals surface area contributed by atoms with Crippen LogP contribution in [0.4, 0.5) is 13.2 Å². The van der Waals surface area contributed by atoms with E-state index < -0.39 is 12.1 Å². The molecule has 39 heavy (non-hydrogen) atoms. The van der Waals surface area contributed by atoms with Crippen LogP contribution in [0.25, 0.3) is 11.1 Å². The third kappa shape index (κ3) is 10.1. The average Bonchev–Trinajstić information content (AvgIpc) is 3.23. The van der Waals surface area contributed by atoms with E-state index in [9.17, 15) is 18.4 Å². The summed E-state index contributed by atoms with van der Waals surface area (Å²) in [7, 11) is 0. The highest BCUT2D eigenvalue weighted by molar-refractivity contribution is 5.73. The molecule has 0 unspecified atom stereocenters. The Morgan fingerprint density at radius 1 is 0.974 bits per heavy atom. The molecule has 0 saturated heterocycles. The van der Waals surface area contributed by atoms with Crippen LogP contribution in [-0.2, 0) is 17.8 Å². The van der Waals surface area contributed by atoms with E-state index in [-0.39, 0.29) is 0 Å². The lowest BCUT2D eigenvalue weighted by Crippen LogP contribution is -2.21. The lowest BCUT2D eigenvalue weighted by molar-refractivity contribution is -0.192. The number of aromatic nitrogens is 2. The third-order valence-corrected chi connectivity index (χ3v) is 6.59. The van der Waals surface area contributed by atoms with Gasteiger partial charge in [-0.1, -0.05) is 80.3 Å². The van der Waals surface area contributed by atoms with Crippen LogP contribution in [0.15, 0.2) is 60.7 Å². The molecule has 0 bridgehead atoms. The normalized spacial score (nSPS) is 14.0. The van der Waals surface area contributed by atoms with Crippen LogP contribution in [0.5, 0.6) is 0 Å². The number of rotatable bonds is 8. The molecule has 0 aliphatic heterocycles. The fraction of sp³-hybridized carbons (Fsp3) is 0.400. The van der Waals surface area contributed by atoms with Crippen LogP contribution >= 0.6 is 0 Å². The van der Waals surface area contributed by atoms with Crippen molar-refractivity contribution in [1.29, 1.82) is 5.26 Å². The van der Waals surface area contributed by atoms with Gasteiger partial charge in [0.25, 0.3) is 0 Å². The minimum atomic E-state index is -5.08. The molecule has 9 heteroatoms. The molecular formula is C30H33F3N4O2. The molecule has 0 spiro atoms. The van der Waals surface area contributed by atoms with Crippen LogP contribution in [0.2, 0.25) is 0 Å². The first-order chi connectivity index (χ1) is 18.8. The maximum Gasteiger partial charge on any atom is 0.490 e. The van der Waals surface area contributed by atoms with Gasteiger partial charge in [-0.25, -0.2) is 14.8 Å². The summed E-state index contributed by atoms with van der Waals surface area (Å²) >= 11 is 0. The largest absolute Gasteiger partial charge is 0.490 e. The van der Waals surface area contributed by atoms with Crippen molar-refractivity contribution in [2.75, 3.05) is 6.54 Å². The monoisotopic (exact) mass is 538 g/mol. The third-order valence-electron chi connectivity index (χ3n) is 6.59. The van der Waals surface area contributed by atoms with Gasteiger partial charge in [0, 0.05) is 23.9 Å². The van der Waals surface area contributed by atoms with Crippen LogP contribution in [-0.4, -0.2) is 33.8 Å². The van der Waals surface area contributed by atoms with E-state index in [0.717, 1.165) is 37.3 Å². The topological polar surface area (TPSA) is 98.9 Å². The molecule has 4 rings (SSSR count). The summed E-state index contributed by atoms with van der Waals surface area (Å²) in [4.78, 5) is 17.9. The Bertz CT molecular complexity index is 1220. The maximum atomic E-state index is 10.6. The number of aryl methyl sites for hydroxylation is 1. The zero-order valence-corrected chi connectivity index (χ0v) is 21.8. The van der Waals surface area contributed by atoms with E-state index in [1.54, 1.807) is 0 Å². The summed E-state index contributed by atoms with van der Waals surface area (Å²) in [5, 5.41) is 20.0. The molecule has 0 atom stereocenters. The van der Waals surface area contributed by atoms with Crippen molar-refractivity contribution >= 4 is 5.97 Å². The van der Waals surface area contributed by atoms with Crippen molar-refractivity contribution in [1.82, 2.24) is 15.3 Å². The van der Waals surface area contributed by atoms with Gasteiger partial charge in [-0.15, -0.1) is 0 Å². The summed E-state index contributed by atoms with van der Waals surface area (Å²) in [6, 6.07) is 23.5. The average molecular weight is 539 g/mol. The van der Waals surface area contributed by atoms with Crippen molar-refractivity contribution in [3.8, 4) is 17.2 Å². The second-order valence-electron chi connectivity index (χ2n) is 9.55. The van der Waals surface area contributed by atoms with Crippen LogP contribution in [0.1, 0.15) is 73.6 Å². The Morgan fingerprint density at radius 3 is 2.18 bits per heavy atom. The first-order valence-electron chi connectivity index (χ1n) is 13.2. The van der Waals surface area contributed by atoms with E-state index in [1.165, 1.54) is 55.2 Å². The number of aliphatic carboxylic acids is 1. The van der Waals surface area contributed by atoms with Gasteiger partial charge in [0.1, 0.15) is 6.07 Å². The molecule has 6 nitrogen and oxygen atoms in total. The Kier molecular flexibility index (Phi) is 11.4. The smallest absolute Gasteiger partial charge is 0.475 e. The summed E-state index contributed by atoms with van der Waals surface area (Å²) in [5.74, 6) is -1.94. The predicted octanol–water partition coefficient (Wildman–Crippen LogP) is 6.81. The van der Waals surface area contributed by atoms with E-state index in [1.807, 2.05) is 6.07 Å². The van der Waals surface area contributed by atoms with E-state index in [0.29, 0.717) is 11.7 Å². The molecule has 2 aromatic carbocycles. The van der Waals surface area contributed by atoms with Gasteiger partial charge >= 0.3 is 12.1 Å². The second kappa shape index (κ2) is 15.0. The number of hydrogen-bond acceptors (Lipinski definition) is 5. The van der Waals surface area contributed by atoms with E-state index >= 15 is 0 Å². The van der Waals surface area contributed by atoms with Crippen LogP contribution in [0.3, 0.4) is 0 Å². The molecule has 2 N–H and O–H groups in total. The van der Waals surface area contributed by atoms with Gasteiger partial charge in [-0.2, -0.15) is 18.4 Å². The van der Waals surface area contributed by atoms with Gasteiger partial charge in [-0.05, 0) is 55.0 Å². The second-order valence-corrected chi connectivity index (χ2v) is 9.55. The first-order valence-corrected chi connectivity index (χ1v) is 13.2. The van der Waals surface area contributed by atoms with Crippen molar-refractivity contribution in [2.45, 2.75) is 70.0 Å². The molecule has 3 aromatic rings. The number of nitriles is 1. The Balaban J connectivity index is 0.000000532. The number of carboxylic acid groups (broad SMARTS) is 1. The van der Waals surface area contributed by atoms with Crippen molar-refractivity contribution in [3.63, 3.8) is 0 Å². The van der Waals surface area contributed by atoms with Crippen LogP contribution < -0.4 is 5.32 Å². The summed E-state index contributed by atoms with van der Waals surface area (Å²) in [6.07, 6.45) is 4.33. The molecular weight excluding hydrogens is 505 g/mol. The highest BCUT2D eigenvalue weighted by Gasteiger charge is 2.38. The Morgan fingerprint density at radius 2 is 1.59 bits per heavy atom. The number of alkyl halides is 3.